The Balaban J connectivity index is 1.72. The van der Waals surface area contributed by atoms with Gasteiger partial charge in [-0.25, -0.2) is 0 Å². The molecule has 1 aliphatic heterocycles. The summed E-state index contributed by atoms with van der Waals surface area (Å²) in [5, 5.41) is 10.2. The first-order valence-corrected chi connectivity index (χ1v) is 9.04. The second-order valence-electron chi connectivity index (χ2n) is 6.95. The first kappa shape index (κ1) is 18.7. The van der Waals surface area contributed by atoms with Gasteiger partial charge in [-0.05, 0) is 35.6 Å². The molecular weight excluding hydrogens is 342 g/mol. The molecule has 0 fully saturated rings. The Morgan fingerprint density at radius 2 is 1.63 bits per heavy atom. The maximum Gasteiger partial charge on any atom is 0.296 e. The van der Waals surface area contributed by atoms with Crippen LogP contribution in [0.25, 0.3) is 5.57 Å². The van der Waals surface area contributed by atoms with Crippen LogP contribution in [0.5, 0.6) is 5.75 Å². The van der Waals surface area contributed by atoms with E-state index in [1.54, 1.807) is 24.3 Å². The zero-order chi connectivity index (χ0) is 19.4. The number of hydrogen-bond donors (Lipinski definition) is 1. The number of carbonyl (C=O) groups excluding carboxylic acids is 2. The zero-order valence-electron chi connectivity index (χ0n) is 15.5. The van der Waals surface area contributed by atoms with Crippen LogP contribution in [0.2, 0.25) is 0 Å². The fourth-order valence-corrected chi connectivity index (χ4v) is 2.89. The number of imide groups is 1. The Kier molecular flexibility index (Phi) is 5.60. The first-order valence-electron chi connectivity index (χ1n) is 9.04. The standard InChI is InChI=1S/C22H23NO4/c1-15(2)14-27-18-10-8-17(9-11-18)19-20(24)22(26)23(21(19)25)13-12-16-6-4-3-5-7-16/h3-11,15,24H,12-14H2,1-2H3. The molecule has 2 aromatic rings. The van der Waals surface area contributed by atoms with E-state index in [2.05, 4.69) is 13.8 Å². The summed E-state index contributed by atoms with van der Waals surface area (Å²) in [5.41, 5.74) is 1.58. The fourth-order valence-electron chi connectivity index (χ4n) is 2.89. The van der Waals surface area contributed by atoms with Crippen molar-refractivity contribution in [2.75, 3.05) is 13.2 Å². The summed E-state index contributed by atoms with van der Waals surface area (Å²) >= 11 is 0. The topological polar surface area (TPSA) is 66.8 Å². The maximum atomic E-state index is 12.7. The summed E-state index contributed by atoms with van der Waals surface area (Å²) in [6.07, 6.45) is 0.543. The Morgan fingerprint density at radius 1 is 0.963 bits per heavy atom. The quantitative estimate of drug-likeness (QED) is 0.762. The van der Waals surface area contributed by atoms with Crippen molar-refractivity contribution in [1.29, 1.82) is 0 Å². The summed E-state index contributed by atoms with van der Waals surface area (Å²) < 4.78 is 5.63. The van der Waals surface area contributed by atoms with Crippen molar-refractivity contribution in [2.45, 2.75) is 20.3 Å². The second-order valence-corrected chi connectivity index (χ2v) is 6.95. The van der Waals surface area contributed by atoms with Crippen LogP contribution < -0.4 is 4.74 Å². The molecule has 2 amide bonds. The van der Waals surface area contributed by atoms with Gasteiger partial charge in [-0.2, -0.15) is 0 Å². The van der Waals surface area contributed by atoms with Crippen LogP contribution in [0, 0.1) is 5.92 Å². The van der Waals surface area contributed by atoms with Crippen LogP contribution in [-0.2, 0) is 16.0 Å². The van der Waals surface area contributed by atoms with Crippen molar-refractivity contribution in [3.63, 3.8) is 0 Å². The van der Waals surface area contributed by atoms with E-state index < -0.39 is 17.6 Å². The molecule has 0 aliphatic carbocycles. The minimum Gasteiger partial charge on any atom is -0.502 e. The van der Waals surface area contributed by atoms with Crippen molar-refractivity contribution >= 4 is 17.4 Å². The summed E-state index contributed by atoms with van der Waals surface area (Å²) in [5.74, 6) is -0.520. The predicted molar refractivity (Wildman–Crippen MR) is 103 cm³/mol. The number of ether oxygens (including phenoxy) is 1. The number of rotatable bonds is 7. The van der Waals surface area contributed by atoms with E-state index in [9.17, 15) is 14.7 Å². The van der Waals surface area contributed by atoms with E-state index in [4.69, 9.17) is 4.74 Å². The molecule has 1 N–H and O–H groups in total. The SMILES string of the molecule is CC(C)COc1ccc(C2=C(O)C(=O)N(CCc3ccccc3)C2=O)cc1. The van der Waals surface area contributed by atoms with Gasteiger partial charge >= 0.3 is 0 Å². The number of amides is 2. The highest BCUT2D eigenvalue weighted by molar-refractivity contribution is 6.34. The number of nitrogens with zero attached hydrogens (tertiary/aromatic N) is 1. The van der Waals surface area contributed by atoms with Crippen LogP contribution in [0.15, 0.2) is 60.4 Å². The van der Waals surface area contributed by atoms with Gasteiger partial charge in [0, 0.05) is 6.54 Å². The molecule has 0 unspecified atom stereocenters. The molecular formula is C22H23NO4. The summed E-state index contributed by atoms with van der Waals surface area (Å²) in [6.45, 7) is 4.94. The van der Waals surface area contributed by atoms with Crippen molar-refractivity contribution in [2.24, 2.45) is 5.92 Å². The third kappa shape index (κ3) is 4.19. The van der Waals surface area contributed by atoms with E-state index in [1.807, 2.05) is 30.3 Å². The number of aliphatic hydroxyl groups is 1. The van der Waals surface area contributed by atoms with Gasteiger partial charge in [0.25, 0.3) is 11.8 Å². The molecule has 3 rings (SSSR count). The lowest BCUT2D eigenvalue weighted by Gasteiger charge is -2.14. The number of benzene rings is 2. The highest BCUT2D eigenvalue weighted by Crippen LogP contribution is 2.29. The van der Waals surface area contributed by atoms with Crippen LogP contribution >= 0.6 is 0 Å². The first-order chi connectivity index (χ1) is 13.0. The number of aliphatic hydroxyl groups excluding tert-OH is 1. The average Bonchev–Trinajstić information content (AvgIpc) is 2.88. The molecule has 0 saturated heterocycles. The molecule has 0 radical (unpaired) electrons. The highest BCUT2D eigenvalue weighted by atomic mass is 16.5. The van der Waals surface area contributed by atoms with Crippen LogP contribution in [0.3, 0.4) is 0 Å². The van der Waals surface area contributed by atoms with E-state index >= 15 is 0 Å². The van der Waals surface area contributed by atoms with Crippen molar-refractivity contribution in [3.05, 3.63) is 71.5 Å². The third-order valence-corrected chi connectivity index (χ3v) is 4.34. The molecule has 0 aromatic heterocycles. The van der Waals surface area contributed by atoms with Gasteiger partial charge in [0.05, 0.1) is 12.2 Å². The molecule has 0 bridgehead atoms. The molecule has 0 spiro atoms. The van der Waals surface area contributed by atoms with Gasteiger partial charge in [-0.15, -0.1) is 0 Å². The van der Waals surface area contributed by atoms with Gasteiger partial charge in [0.1, 0.15) is 5.75 Å². The maximum absolute atomic E-state index is 12.7. The lowest BCUT2D eigenvalue weighted by atomic mass is 10.1. The minimum atomic E-state index is -0.647. The van der Waals surface area contributed by atoms with Gasteiger partial charge < -0.3 is 9.84 Å². The number of hydrogen-bond acceptors (Lipinski definition) is 4. The normalized spacial score (nSPS) is 14.4. The van der Waals surface area contributed by atoms with Crippen LogP contribution in [-0.4, -0.2) is 35.0 Å². The number of carbonyl (C=O) groups is 2. The van der Waals surface area contributed by atoms with E-state index in [0.717, 1.165) is 10.5 Å². The molecule has 140 valence electrons. The fraction of sp³-hybridized carbons (Fsp3) is 0.273. The largest absolute Gasteiger partial charge is 0.502 e. The van der Waals surface area contributed by atoms with E-state index in [1.165, 1.54) is 0 Å². The lowest BCUT2D eigenvalue weighted by molar-refractivity contribution is -0.138. The zero-order valence-corrected chi connectivity index (χ0v) is 15.5. The monoisotopic (exact) mass is 365 g/mol. The van der Waals surface area contributed by atoms with Crippen molar-refractivity contribution in [1.82, 2.24) is 4.90 Å². The summed E-state index contributed by atoms with van der Waals surface area (Å²) in [6, 6.07) is 16.5. The van der Waals surface area contributed by atoms with Gasteiger partial charge in [-0.1, -0.05) is 56.3 Å². The summed E-state index contributed by atoms with van der Waals surface area (Å²) in [4.78, 5) is 26.1. The Morgan fingerprint density at radius 3 is 2.26 bits per heavy atom. The molecule has 0 atom stereocenters. The molecule has 1 heterocycles. The molecule has 1 aliphatic rings. The Hall–Kier alpha value is -3.08. The Bertz CT molecular complexity index is 854. The average molecular weight is 365 g/mol. The van der Waals surface area contributed by atoms with E-state index in [-0.39, 0.29) is 12.1 Å². The van der Waals surface area contributed by atoms with Crippen LogP contribution in [0.1, 0.15) is 25.0 Å². The third-order valence-electron chi connectivity index (χ3n) is 4.34. The Labute approximate surface area is 158 Å². The van der Waals surface area contributed by atoms with Gasteiger partial charge in [0.15, 0.2) is 5.76 Å². The molecule has 5 nitrogen and oxygen atoms in total. The molecule has 2 aromatic carbocycles. The predicted octanol–water partition coefficient (Wildman–Crippen LogP) is 3.60. The smallest absolute Gasteiger partial charge is 0.296 e. The van der Waals surface area contributed by atoms with Crippen LogP contribution in [0.4, 0.5) is 0 Å². The molecule has 27 heavy (non-hydrogen) atoms. The van der Waals surface area contributed by atoms with Gasteiger partial charge in [-0.3, -0.25) is 14.5 Å². The van der Waals surface area contributed by atoms with Crippen molar-refractivity contribution < 1.29 is 19.4 Å². The lowest BCUT2D eigenvalue weighted by Crippen LogP contribution is -2.33. The molecule has 0 saturated carbocycles. The van der Waals surface area contributed by atoms with Gasteiger partial charge in [0.2, 0.25) is 0 Å². The highest BCUT2D eigenvalue weighted by Gasteiger charge is 2.38. The second kappa shape index (κ2) is 8.08. The minimum absolute atomic E-state index is 0.0449. The van der Waals surface area contributed by atoms with E-state index in [0.29, 0.717) is 30.3 Å². The molecule has 5 heteroatoms. The summed E-state index contributed by atoms with van der Waals surface area (Å²) in [7, 11) is 0. The van der Waals surface area contributed by atoms with Crippen molar-refractivity contribution in [3.8, 4) is 5.75 Å².